The molecular weight excluding hydrogens is 498 g/mol. The van der Waals surface area contributed by atoms with Crippen LogP contribution in [0, 0.1) is 24.5 Å². The van der Waals surface area contributed by atoms with Gasteiger partial charge in [-0.15, -0.1) is 0 Å². The number of anilines is 3. The van der Waals surface area contributed by atoms with Crippen LogP contribution in [-0.2, 0) is 17.8 Å². The van der Waals surface area contributed by atoms with Crippen LogP contribution in [0.5, 0.6) is 0 Å². The number of hydrogen-bond acceptors (Lipinski definition) is 4. The standard InChI is InChI=1S/C31H30F2N4O2/c1-4-19(2)30(38)35-27-17-34-29(26-8-6-5-7-20(26)3)37(31(27)39)18-21-13-24(33)16-25(14-21)36-12-11-22-15-23(32)9-10-28(22)36/h5-10,13-17,19H,4,11-12,18H2,1-3H3,(H,35,38)/t19-/m1/s1. The summed E-state index contributed by atoms with van der Waals surface area (Å²) in [6.07, 6.45) is 2.67. The summed E-state index contributed by atoms with van der Waals surface area (Å²) in [7, 11) is 0. The van der Waals surface area contributed by atoms with E-state index in [0.717, 1.165) is 22.4 Å². The van der Waals surface area contributed by atoms with E-state index in [-0.39, 0.29) is 29.9 Å². The number of nitrogens with one attached hydrogen (secondary N) is 1. The highest BCUT2D eigenvalue weighted by Crippen LogP contribution is 2.36. The molecule has 0 fully saturated rings. The van der Waals surface area contributed by atoms with Gasteiger partial charge in [0.1, 0.15) is 23.1 Å². The molecule has 3 aromatic carbocycles. The fourth-order valence-electron chi connectivity index (χ4n) is 4.91. The summed E-state index contributed by atoms with van der Waals surface area (Å²) >= 11 is 0. The highest BCUT2D eigenvalue weighted by molar-refractivity contribution is 5.92. The average Bonchev–Trinajstić information content (AvgIpc) is 3.34. The van der Waals surface area contributed by atoms with Gasteiger partial charge in [-0.25, -0.2) is 13.8 Å². The van der Waals surface area contributed by atoms with E-state index in [4.69, 9.17) is 0 Å². The van der Waals surface area contributed by atoms with Crippen LogP contribution in [-0.4, -0.2) is 22.0 Å². The lowest BCUT2D eigenvalue weighted by Crippen LogP contribution is -2.30. The highest BCUT2D eigenvalue weighted by Gasteiger charge is 2.23. The smallest absolute Gasteiger partial charge is 0.277 e. The van der Waals surface area contributed by atoms with E-state index < -0.39 is 11.4 Å². The van der Waals surface area contributed by atoms with Crippen molar-refractivity contribution < 1.29 is 13.6 Å². The van der Waals surface area contributed by atoms with Crippen molar-refractivity contribution in [2.75, 3.05) is 16.8 Å². The molecule has 1 aliphatic rings. The zero-order chi connectivity index (χ0) is 27.7. The number of rotatable bonds is 7. The largest absolute Gasteiger partial charge is 0.341 e. The van der Waals surface area contributed by atoms with Gasteiger partial charge in [0, 0.05) is 29.4 Å². The first kappa shape index (κ1) is 26.3. The summed E-state index contributed by atoms with van der Waals surface area (Å²) in [6, 6.07) is 16.9. The zero-order valence-corrected chi connectivity index (χ0v) is 22.2. The first-order valence-electron chi connectivity index (χ1n) is 13.1. The van der Waals surface area contributed by atoms with Crippen molar-refractivity contribution in [3.8, 4) is 11.4 Å². The lowest BCUT2D eigenvalue weighted by Gasteiger charge is -2.21. The maximum atomic E-state index is 14.9. The Bertz CT molecular complexity index is 1610. The normalized spacial score (nSPS) is 13.3. The number of halogens is 2. The molecule has 0 bridgehead atoms. The number of nitrogens with zero attached hydrogens (tertiary/aromatic N) is 3. The molecule has 0 aliphatic carbocycles. The Balaban J connectivity index is 1.57. The van der Waals surface area contributed by atoms with Crippen LogP contribution in [0.15, 0.2) is 71.7 Å². The van der Waals surface area contributed by atoms with Crippen molar-refractivity contribution in [2.45, 2.75) is 40.2 Å². The fourth-order valence-corrected chi connectivity index (χ4v) is 4.91. The Morgan fingerprint density at radius 1 is 1.08 bits per heavy atom. The number of aromatic nitrogens is 2. The van der Waals surface area contributed by atoms with Crippen molar-refractivity contribution in [1.29, 1.82) is 0 Å². The molecule has 5 rings (SSSR count). The van der Waals surface area contributed by atoms with Gasteiger partial charge in [-0.2, -0.15) is 0 Å². The van der Waals surface area contributed by atoms with Crippen LogP contribution in [0.4, 0.5) is 25.8 Å². The monoisotopic (exact) mass is 528 g/mol. The maximum absolute atomic E-state index is 14.9. The molecule has 6 nitrogen and oxygen atoms in total. The van der Waals surface area contributed by atoms with Gasteiger partial charge < -0.3 is 10.2 Å². The van der Waals surface area contributed by atoms with E-state index in [2.05, 4.69) is 10.3 Å². The Hall–Kier alpha value is -4.33. The highest BCUT2D eigenvalue weighted by atomic mass is 19.1. The van der Waals surface area contributed by atoms with Crippen molar-refractivity contribution >= 4 is 23.0 Å². The summed E-state index contributed by atoms with van der Waals surface area (Å²) < 4.78 is 30.2. The molecule has 0 saturated carbocycles. The molecule has 1 atom stereocenters. The molecule has 8 heteroatoms. The number of hydrogen-bond donors (Lipinski definition) is 1. The zero-order valence-electron chi connectivity index (χ0n) is 22.2. The lowest BCUT2D eigenvalue weighted by atomic mass is 10.1. The van der Waals surface area contributed by atoms with Gasteiger partial charge in [0.15, 0.2) is 0 Å². The molecular formula is C31H30F2N4O2. The summed E-state index contributed by atoms with van der Waals surface area (Å²) in [4.78, 5) is 32.8. The molecule has 0 radical (unpaired) electrons. The van der Waals surface area contributed by atoms with Gasteiger partial charge in [-0.05, 0) is 72.9 Å². The Labute approximate surface area is 225 Å². The summed E-state index contributed by atoms with van der Waals surface area (Å²) in [5.41, 5.74) is 4.23. The van der Waals surface area contributed by atoms with Gasteiger partial charge in [-0.3, -0.25) is 14.2 Å². The van der Waals surface area contributed by atoms with Crippen molar-refractivity contribution in [2.24, 2.45) is 5.92 Å². The van der Waals surface area contributed by atoms with E-state index in [1.165, 1.54) is 35.0 Å². The Morgan fingerprint density at radius 2 is 1.87 bits per heavy atom. The first-order chi connectivity index (χ1) is 18.7. The topological polar surface area (TPSA) is 67.2 Å². The molecule has 1 N–H and O–H groups in total. The first-order valence-corrected chi connectivity index (χ1v) is 13.1. The lowest BCUT2D eigenvalue weighted by molar-refractivity contribution is -0.119. The number of carbonyl (C=O) groups excluding carboxylic acids is 1. The molecule has 2 heterocycles. The molecule has 1 aromatic heterocycles. The van der Waals surface area contributed by atoms with Crippen molar-refractivity contribution in [3.63, 3.8) is 0 Å². The summed E-state index contributed by atoms with van der Waals surface area (Å²) in [5, 5.41) is 2.72. The van der Waals surface area contributed by atoms with Gasteiger partial charge >= 0.3 is 0 Å². The second-order valence-corrected chi connectivity index (χ2v) is 9.99. The quantitative estimate of drug-likeness (QED) is 0.309. The minimum absolute atomic E-state index is 0.0391. The fraction of sp³-hybridized carbons (Fsp3) is 0.258. The minimum Gasteiger partial charge on any atom is -0.341 e. The van der Waals surface area contributed by atoms with E-state index in [1.807, 2.05) is 49.1 Å². The number of benzene rings is 3. The molecule has 0 saturated heterocycles. The Morgan fingerprint density at radius 3 is 2.64 bits per heavy atom. The van der Waals surface area contributed by atoms with Crippen LogP contribution >= 0.6 is 0 Å². The number of fused-ring (bicyclic) bond motifs is 1. The molecule has 0 unspecified atom stereocenters. The van der Waals surface area contributed by atoms with Gasteiger partial charge in [0.2, 0.25) is 5.91 Å². The second kappa shape index (κ2) is 10.8. The van der Waals surface area contributed by atoms with Gasteiger partial charge in [0.05, 0.1) is 12.7 Å². The molecule has 0 spiro atoms. The van der Waals surface area contributed by atoms with Crippen molar-refractivity contribution in [1.82, 2.24) is 9.55 Å². The summed E-state index contributed by atoms with van der Waals surface area (Å²) in [5.74, 6) is -0.850. The van der Waals surface area contributed by atoms with Crippen LogP contribution in [0.3, 0.4) is 0 Å². The third-order valence-electron chi connectivity index (χ3n) is 7.28. The molecule has 1 aliphatic heterocycles. The Kier molecular flexibility index (Phi) is 7.28. The SMILES string of the molecule is CC[C@@H](C)C(=O)Nc1cnc(-c2ccccc2C)n(Cc2cc(F)cc(N3CCc4cc(F)ccc43)c2)c1=O. The number of amides is 1. The molecule has 200 valence electrons. The van der Waals surface area contributed by atoms with Gasteiger partial charge in [0.25, 0.3) is 5.56 Å². The minimum atomic E-state index is -0.447. The molecule has 39 heavy (non-hydrogen) atoms. The number of aryl methyl sites for hydroxylation is 1. The summed E-state index contributed by atoms with van der Waals surface area (Å²) in [6.45, 7) is 6.26. The van der Waals surface area contributed by atoms with Gasteiger partial charge in [-0.1, -0.05) is 38.1 Å². The van der Waals surface area contributed by atoms with Crippen LogP contribution in [0.2, 0.25) is 0 Å². The van der Waals surface area contributed by atoms with E-state index in [9.17, 15) is 18.4 Å². The van der Waals surface area contributed by atoms with E-state index >= 15 is 0 Å². The predicted molar refractivity (Wildman–Crippen MR) is 149 cm³/mol. The van der Waals surface area contributed by atoms with Crippen molar-refractivity contribution in [3.05, 3.63) is 106 Å². The van der Waals surface area contributed by atoms with Crippen LogP contribution in [0.25, 0.3) is 11.4 Å². The number of carbonyl (C=O) groups is 1. The second-order valence-electron chi connectivity index (χ2n) is 9.99. The third kappa shape index (κ3) is 5.32. The average molecular weight is 529 g/mol. The molecule has 4 aromatic rings. The predicted octanol–water partition coefficient (Wildman–Crippen LogP) is 6.22. The van der Waals surface area contributed by atoms with Crippen LogP contribution in [0.1, 0.15) is 37.0 Å². The van der Waals surface area contributed by atoms with Crippen LogP contribution < -0.4 is 15.8 Å². The van der Waals surface area contributed by atoms with E-state index in [0.29, 0.717) is 36.5 Å². The van der Waals surface area contributed by atoms with E-state index in [1.54, 1.807) is 13.0 Å². The maximum Gasteiger partial charge on any atom is 0.277 e. The molecule has 1 amide bonds. The third-order valence-corrected chi connectivity index (χ3v) is 7.28.